The van der Waals surface area contributed by atoms with Gasteiger partial charge < -0.3 is 29.2 Å². The van der Waals surface area contributed by atoms with Crippen molar-refractivity contribution in [3.05, 3.63) is 59.3 Å². The number of ether oxygens (including phenoxy) is 3. The minimum Gasteiger partial charge on any atom is -0.453 e. The second kappa shape index (κ2) is 12.0. The van der Waals surface area contributed by atoms with E-state index in [4.69, 9.17) is 9.47 Å². The molecule has 1 fully saturated rings. The number of alkyl halides is 1. The molecule has 2 atom stereocenters. The zero-order chi connectivity index (χ0) is 30.9. The first kappa shape index (κ1) is 31.3. The summed E-state index contributed by atoms with van der Waals surface area (Å²) in [5.41, 5.74) is 4.10. The van der Waals surface area contributed by atoms with Gasteiger partial charge in [0, 0.05) is 35.5 Å². The number of halogens is 1. The van der Waals surface area contributed by atoms with E-state index in [2.05, 4.69) is 66.6 Å². The average molecular weight is 583 g/mol. The van der Waals surface area contributed by atoms with E-state index in [0.29, 0.717) is 18.0 Å². The number of aliphatic hydroxyl groups is 1. The predicted octanol–water partition coefficient (Wildman–Crippen LogP) is 6.33. The maximum Gasteiger partial charge on any atom is 0.406 e. The highest BCUT2D eigenvalue weighted by atomic mass is 19.2. The SMILES string of the molecule is CC(=O)C1(c2ccc3c(c2)OC(C)(F)O3)CC1.CCCc1ccc2c(c1)cc(C(C)(C)C)n2CC(O)CNC(=O)OC. The molecule has 5 rings (SSSR count). The van der Waals surface area contributed by atoms with Gasteiger partial charge in [0.2, 0.25) is 0 Å². The summed E-state index contributed by atoms with van der Waals surface area (Å²) in [4.78, 5) is 22.8. The smallest absolute Gasteiger partial charge is 0.406 e. The van der Waals surface area contributed by atoms with Crippen molar-refractivity contribution in [2.24, 2.45) is 0 Å². The van der Waals surface area contributed by atoms with Gasteiger partial charge in [0.15, 0.2) is 11.5 Å². The van der Waals surface area contributed by atoms with Crippen molar-refractivity contribution >= 4 is 22.8 Å². The van der Waals surface area contributed by atoms with Gasteiger partial charge in [-0.25, -0.2) is 4.79 Å². The number of carbonyl (C=O) groups is 2. The minimum absolute atomic E-state index is 0.0422. The number of amides is 1. The third kappa shape index (κ3) is 6.89. The number of alkyl carbamates (subject to hydrolysis) is 1. The standard InChI is InChI=1S/C20H30N2O3.C13H13FO3/c1-6-7-14-8-9-17-15(10-14)11-18(20(2,3)4)22(17)13-16(23)12-21-19(24)25-5;1-8(15)13(5-6-13)9-3-4-10-11(7-9)17-12(2,14)16-10/h8-11,16,23H,6-7,12-13H2,1-5H3,(H,21,24);3-4,7H,5-6H2,1-2H3. The molecule has 8 nitrogen and oxygen atoms in total. The van der Waals surface area contributed by atoms with E-state index in [1.165, 1.54) is 30.7 Å². The maximum absolute atomic E-state index is 13.5. The van der Waals surface area contributed by atoms with Gasteiger partial charge in [-0.1, -0.05) is 46.2 Å². The first-order valence-corrected chi connectivity index (χ1v) is 14.5. The fourth-order valence-corrected chi connectivity index (χ4v) is 5.48. The van der Waals surface area contributed by atoms with Crippen LogP contribution in [-0.4, -0.2) is 47.3 Å². The van der Waals surface area contributed by atoms with Crippen LogP contribution in [0.4, 0.5) is 9.18 Å². The van der Waals surface area contributed by atoms with E-state index in [1.54, 1.807) is 19.1 Å². The van der Waals surface area contributed by atoms with Crippen molar-refractivity contribution in [3.8, 4) is 11.5 Å². The zero-order valence-electron chi connectivity index (χ0n) is 25.7. The number of aryl methyl sites for hydroxylation is 1. The molecule has 1 aromatic heterocycles. The predicted molar refractivity (Wildman–Crippen MR) is 160 cm³/mol. The molecule has 0 spiro atoms. The lowest BCUT2D eigenvalue weighted by molar-refractivity contribution is -0.173. The van der Waals surface area contributed by atoms with Crippen LogP contribution in [-0.2, 0) is 33.3 Å². The topological polar surface area (TPSA) is 99.0 Å². The highest BCUT2D eigenvalue weighted by Crippen LogP contribution is 2.52. The molecule has 0 radical (unpaired) electrons. The molecule has 2 unspecified atom stereocenters. The molecule has 228 valence electrons. The van der Waals surface area contributed by atoms with Gasteiger partial charge in [-0.15, -0.1) is 0 Å². The lowest BCUT2D eigenvalue weighted by Gasteiger charge is -2.24. The molecule has 2 N–H and O–H groups in total. The number of fused-ring (bicyclic) bond motifs is 2. The molecule has 0 bridgehead atoms. The third-order valence-corrected chi connectivity index (χ3v) is 7.84. The number of nitrogens with one attached hydrogen (secondary N) is 1. The maximum atomic E-state index is 13.5. The molecule has 1 saturated carbocycles. The monoisotopic (exact) mass is 582 g/mol. The number of carbonyl (C=O) groups excluding carboxylic acids is 2. The largest absolute Gasteiger partial charge is 0.453 e. The number of Topliss-reactive ketones (excluding diaryl/α,β-unsaturated/α-hetero) is 1. The van der Waals surface area contributed by atoms with Crippen LogP contribution in [0.3, 0.4) is 0 Å². The number of rotatable bonds is 8. The second-order valence-corrected chi connectivity index (χ2v) is 12.4. The fourth-order valence-electron chi connectivity index (χ4n) is 5.48. The molecule has 3 aromatic rings. The van der Waals surface area contributed by atoms with Crippen molar-refractivity contribution < 1.29 is 33.3 Å². The first-order chi connectivity index (χ1) is 19.7. The van der Waals surface area contributed by atoms with Crippen LogP contribution in [0.2, 0.25) is 0 Å². The summed E-state index contributed by atoms with van der Waals surface area (Å²) in [5.74, 6) is 0.914. The molecule has 2 aromatic carbocycles. The van der Waals surface area contributed by atoms with Crippen LogP contribution in [0.25, 0.3) is 10.9 Å². The Morgan fingerprint density at radius 1 is 1.12 bits per heavy atom. The number of hydrogen-bond donors (Lipinski definition) is 2. The van der Waals surface area contributed by atoms with Crippen LogP contribution in [0.1, 0.15) is 77.6 Å². The molecule has 2 heterocycles. The normalized spacial score (nSPS) is 19.1. The third-order valence-electron chi connectivity index (χ3n) is 7.84. The molecule has 1 amide bonds. The Hall–Kier alpha value is -3.59. The number of nitrogens with zero attached hydrogens (tertiary/aromatic N) is 1. The lowest BCUT2D eigenvalue weighted by atomic mass is 9.92. The lowest BCUT2D eigenvalue weighted by Crippen LogP contribution is -2.35. The average Bonchev–Trinajstić information content (AvgIpc) is 3.56. The van der Waals surface area contributed by atoms with Gasteiger partial charge in [-0.2, -0.15) is 4.39 Å². The van der Waals surface area contributed by atoms with Gasteiger partial charge in [-0.3, -0.25) is 4.79 Å². The van der Waals surface area contributed by atoms with E-state index in [0.717, 1.165) is 36.8 Å². The van der Waals surface area contributed by atoms with E-state index < -0.39 is 18.2 Å². The summed E-state index contributed by atoms with van der Waals surface area (Å²) in [6, 6.07) is 11.8. The molecular weight excluding hydrogens is 539 g/mol. The summed E-state index contributed by atoms with van der Waals surface area (Å²) in [6.07, 6.45) is 2.68. The van der Waals surface area contributed by atoms with Gasteiger partial charge in [0.1, 0.15) is 5.78 Å². The number of benzene rings is 2. The fraction of sp³-hybridized carbons (Fsp3) is 0.515. The highest BCUT2D eigenvalue weighted by molar-refractivity contribution is 5.91. The summed E-state index contributed by atoms with van der Waals surface area (Å²) in [5, 5.41) is 14.1. The van der Waals surface area contributed by atoms with Crippen molar-refractivity contribution in [2.45, 2.75) is 96.7 Å². The van der Waals surface area contributed by atoms with Gasteiger partial charge in [0.05, 0.1) is 25.2 Å². The van der Waals surface area contributed by atoms with E-state index in [1.807, 2.05) is 6.07 Å². The number of aliphatic hydroxyl groups excluding tert-OH is 1. The highest BCUT2D eigenvalue weighted by Gasteiger charge is 2.49. The Bertz CT molecular complexity index is 1450. The van der Waals surface area contributed by atoms with Crippen molar-refractivity contribution in [2.75, 3.05) is 13.7 Å². The Kier molecular flexibility index (Phi) is 8.92. The summed E-state index contributed by atoms with van der Waals surface area (Å²) >= 11 is 0. The van der Waals surface area contributed by atoms with Crippen molar-refractivity contribution in [1.29, 1.82) is 0 Å². The van der Waals surface area contributed by atoms with Crippen LogP contribution >= 0.6 is 0 Å². The Labute approximate surface area is 247 Å². The number of hydrogen-bond acceptors (Lipinski definition) is 6. The molecule has 1 aliphatic carbocycles. The molecule has 1 aliphatic heterocycles. The van der Waals surface area contributed by atoms with Crippen LogP contribution in [0.15, 0.2) is 42.5 Å². The van der Waals surface area contributed by atoms with Crippen LogP contribution in [0, 0.1) is 0 Å². The summed E-state index contributed by atoms with van der Waals surface area (Å²) in [7, 11) is 1.31. The Morgan fingerprint density at radius 2 is 1.81 bits per heavy atom. The number of methoxy groups -OCH3 is 1. The van der Waals surface area contributed by atoms with E-state index in [9.17, 15) is 19.1 Å². The quantitative estimate of drug-likeness (QED) is 0.322. The summed E-state index contributed by atoms with van der Waals surface area (Å²) < 4.78 is 30.2. The first-order valence-electron chi connectivity index (χ1n) is 14.5. The van der Waals surface area contributed by atoms with E-state index >= 15 is 0 Å². The van der Waals surface area contributed by atoms with Crippen molar-refractivity contribution in [1.82, 2.24) is 9.88 Å². The molecule has 42 heavy (non-hydrogen) atoms. The van der Waals surface area contributed by atoms with Gasteiger partial charge in [-0.05, 0) is 67.6 Å². The Morgan fingerprint density at radius 3 is 2.40 bits per heavy atom. The zero-order valence-corrected chi connectivity index (χ0v) is 25.7. The van der Waals surface area contributed by atoms with Gasteiger partial charge in [0.25, 0.3) is 0 Å². The minimum atomic E-state index is -2.10. The molecular formula is C33H43FN2O6. The molecule has 9 heteroatoms. The van der Waals surface area contributed by atoms with Crippen LogP contribution < -0.4 is 14.8 Å². The summed E-state index contributed by atoms with van der Waals surface area (Å²) in [6.45, 7) is 12.1. The van der Waals surface area contributed by atoms with E-state index in [-0.39, 0.29) is 23.2 Å². The Balaban J connectivity index is 0.000000206. The van der Waals surface area contributed by atoms with Crippen molar-refractivity contribution in [3.63, 3.8) is 0 Å². The molecule has 0 saturated heterocycles. The second-order valence-electron chi connectivity index (χ2n) is 12.4. The number of ketones is 1. The molecule has 2 aliphatic rings. The number of aromatic nitrogens is 1. The van der Waals surface area contributed by atoms with Crippen LogP contribution in [0.5, 0.6) is 11.5 Å². The van der Waals surface area contributed by atoms with Gasteiger partial charge >= 0.3 is 12.1 Å².